The van der Waals surface area contributed by atoms with Crippen molar-refractivity contribution in [2.45, 2.75) is 12.8 Å². The third kappa shape index (κ3) is 4.86. The molecule has 0 saturated carbocycles. The van der Waals surface area contributed by atoms with Crippen LogP contribution in [0, 0.1) is 0 Å². The molecule has 1 aliphatic rings. The molecule has 0 spiro atoms. The van der Waals surface area contributed by atoms with Gasteiger partial charge < -0.3 is 14.9 Å². The summed E-state index contributed by atoms with van der Waals surface area (Å²) in [6.07, 6.45) is 5.38. The van der Waals surface area contributed by atoms with Gasteiger partial charge in [-0.2, -0.15) is 0 Å². The van der Waals surface area contributed by atoms with E-state index in [0.717, 1.165) is 34.9 Å². The monoisotopic (exact) mass is 352 g/mol. The molecular weight excluding hydrogens is 332 g/mol. The van der Waals surface area contributed by atoms with Gasteiger partial charge in [-0.3, -0.25) is 0 Å². The summed E-state index contributed by atoms with van der Waals surface area (Å²) in [5.74, 6) is -0.932. The maximum atomic E-state index is 10.5. The van der Waals surface area contributed by atoms with Crippen LogP contribution in [-0.4, -0.2) is 49.2 Å². The SMILES string of the molecule is CN(CCN1CCCC1)c1ccc(/C=C/C(=O)O)cc1Br. The van der Waals surface area contributed by atoms with Crippen LogP contribution >= 0.6 is 15.9 Å². The molecule has 0 amide bonds. The summed E-state index contributed by atoms with van der Waals surface area (Å²) >= 11 is 3.57. The summed E-state index contributed by atoms with van der Waals surface area (Å²) in [7, 11) is 2.09. The summed E-state index contributed by atoms with van der Waals surface area (Å²) in [6.45, 7) is 4.51. The van der Waals surface area contributed by atoms with E-state index < -0.39 is 5.97 Å². The van der Waals surface area contributed by atoms with Gasteiger partial charge in [-0.25, -0.2) is 4.79 Å². The number of benzene rings is 1. The zero-order chi connectivity index (χ0) is 15.2. The molecule has 1 N–H and O–H groups in total. The van der Waals surface area contributed by atoms with Gasteiger partial charge in [0.15, 0.2) is 0 Å². The van der Waals surface area contributed by atoms with E-state index in [9.17, 15) is 4.79 Å². The number of hydrogen-bond donors (Lipinski definition) is 1. The first-order chi connectivity index (χ1) is 10.1. The third-order valence-corrected chi connectivity index (χ3v) is 4.39. The van der Waals surface area contributed by atoms with Crippen LogP contribution in [0.4, 0.5) is 5.69 Å². The van der Waals surface area contributed by atoms with E-state index in [0.29, 0.717) is 0 Å². The van der Waals surface area contributed by atoms with Crippen LogP contribution in [0.25, 0.3) is 6.08 Å². The Morgan fingerprint density at radius 1 is 1.43 bits per heavy atom. The third-order valence-electron chi connectivity index (χ3n) is 3.75. The second-order valence-corrected chi connectivity index (χ2v) is 6.21. The average molecular weight is 353 g/mol. The van der Waals surface area contributed by atoms with Crippen molar-refractivity contribution >= 4 is 33.7 Å². The number of nitrogens with zero attached hydrogens (tertiary/aromatic N) is 2. The number of aliphatic carboxylic acids is 1. The number of hydrogen-bond acceptors (Lipinski definition) is 3. The van der Waals surface area contributed by atoms with Gasteiger partial charge in [0.2, 0.25) is 0 Å². The lowest BCUT2D eigenvalue weighted by atomic mass is 10.2. The molecule has 114 valence electrons. The number of carboxylic acids is 1. The first-order valence-electron chi connectivity index (χ1n) is 7.20. The molecule has 1 heterocycles. The van der Waals surface area contributed by atoms with Gasteiger partial charge in [0.1, 0.15) is 0 Å². The molecule has 4 nitrogen and oxygen atoms in total. The number of likely N-dealkylation sites (tertiary alicyclic amines) is 1. The van der Waals surface area contributed by atoms with Gasteiger partial charge in [0.25, 0.3) is 0 Å². The summed E-state index contributed by atoms with van der Waals surface area (Å²) in [5, 5.41) is 8.65. The summed E-state index contributed by atoms with van der Waals surface area (Å²) < 4.78 is 0.985. The Labute approximate surface area is 134 Å². The van der Waals surface area contributed by atoms with Gasteiger partial charge in [-0.15, -0.1) is 0 Å². The van der Waals surface area contributed by atoms with E-state index in [1.54, 1.807) is 6.08 Å². The lowest BCUT2D eigenvalue weighted by Crippen LogP contribution is -2.31. The number of likely N-dealkylation sites (N-methyl/N-ethyl adjacent to an activating group) is 1. The first-order valence-corrected chi connectivity index (χ1v) is 7.99. The summed E-state index contributed by atoms with van der Waals surface area (Å²) in [5.41, 5.74) is 2.00. The normalized spacial score (nSPS) is 15.7. The molecule has 0 bridgehead atoms. The fourth-order valence-electron chi connectivity index (χ4n) is 2.52. The molecule has 1 fully saturated rings. The Balaban J connectivity index is 1.96. The second-order valence-electron chi connectivity index (χ2n) is 5.35. The van der Waals surface area contributed by atoms with Crippen LogP contribution in [-0.2, 0) is 4.79 Å². The van der Waals surface area contributed by atoms with Crippen molar-refractivity contribution in [1.29, 1.82) is 0 Å². The molecule has 1 aromatic carbocycles. The highest BCUT2D eigenvalue weighted by Crippen LogP contribution is 2.27. The zero-order valence-corrected chi connectivity index (χ0v) is 13.8. The van der Waals surface area contributed by atoms with Crippen molar-refractivity contribution < 1.29 is 9.90 Å². The highest BCUT2D eigenvalue weighted by Gasteiger charge is 2.13. The minimum absolute atomic E-state index is 0.876. The van der Waals surface area contributed by atoms with Gasteiger partial charge in [-0.1, -0.05) is 6.07 Å². The number of halogens is 1. The summed E-state index contributed by atoms with van der Waals surface area (Å²) in [4.78, 5) is 15.3. The van der Waals surface area contributed by atoms with Crippen LogP contribution in [0.5, 0.6) is 0 Å². The van der Waals surface area contributed by atoms with Crippen molar-refractivity contribution in [2.24, 2.45) is 0 Å². The van der Waals surface area contributed by atoms with Crippen molar-refractivity contribution in [2.75, 3.05) is 38.1 Å². The Morgan fingerprint density at radius 3 is 2.76 bits per heavy atom. The summed E-state index contributed by atoms with van der Waals surface area (Å²) in [6, 6.07) is 5.91. The lowest BCUT2D eigenvalue weighted by molar-refractivity contribution is -0.131. The fraction of sp³-hybridized carbons (Fsp3) is 0.438. The molecule has 1 saturated heterocycles. The van der Waals surface area contributed by atoms with E-state index >= 15 is 0 Å². The Kier molecular flexibility index (Phi) is 5.82. The quantitative estimate of drug-likeness (QED) is 0.799. The largest absolute Gasteiger partial charge is 0.478 e. The minimum atomic E-state index is -0.932. The maximum Gasteiger partial charge on any atom is 0.328 e. The Morgan fingerprint density at radius 2 is 2.14 bits per heavy atom. The van der Waals surface area contributed by atoms with Crippen LogP contribution in [0.15, 0.2) is 28.7 Å². The lowest BCUT2D eigenvalue weighted by Gasteiger charge is -2.24. The fourth-order valence-corrected chi connectivity index (χ4v) is 3.22. The van der Waals surface area contributed by atoms with E-state index in [2.05, 4.69) is 32.8 Å². The topological polar surface area (TPSA) is 43.8 Å². The van der Waals surface area contributed by atoms with Crippen LogP contribution in [0.2, 0.25) is 0 Å². The predicted molar refractivity (Wildman–Crippen MR) is 89.8 cm³/mol. The van der Waals surface area contributed by atoms with Crippen molar-refractivity contribution in [3.63, 3.8) is 0 Å². The van der Waals surface area contributed by atoms with Crippen molar-refractivity contribution in [3.8, 4) is 0 Å². The van der Waals surface area contributed by atoms with E-state index in [-0.39, 0.29) is 0 Å². The van der Waals surface area contributed by atoms with Crippen LogP contribution in [0.3, 0.4) is 0 Å². The maximum absolute atomic E-state index is 10.5. The molecule has 1 aromatic rings. The molecular formula is C16H21BrN2O2. The molecule has 0 radical (unpaired) electrons. The Hall–Kier alpha value is -1.33. The second kappa shape index (κ2) is 7.61. The molecule has 2 rings (SSSR count). The molecule has 5 heteroatoms. The zero-order valence-electron chi connectivity index (χ0n) is 12.3. The number of rotatable bonds is 6. The molecule has 1 aliphatic heterocycles. The number of carboxylic acid groups (broad SMARTS) is 1. The van der Waals surface area contributed by atoms with Gasteiger partial charge >= 0.3 is 5.97 Å². The molecule has 0 unspecified atom stereocenters. The molecule has 0 atom stereocenters. The Bertz CT molecular complexity index is 525. The molecule has 0 aliphatic carbocycles. The van der Waals surface area contributed by atoms with E-state index in [4.69, 9.17) is 5.11 Å². The van der Waals surface area contributed by atoms with Crippen LogP contribution < -0.4 is 4.90 Å². The minimum Gasteiger partial charge on any atom is -0.478 e. The van der Waals surface area contributed by atoms with Gasteiger partial charge in [-0.05, 0) is 65.6 Å². The standard InChI is InChI=1S/C16H21BrN2O2/c1-18(10-11-19-8-2-3-9-19)15-6-4-13(12-14(15)17)5-7-16(20)21/h4-7,12H,2-3,8-11H2,1H3,(H,20,21)/b7-5+. The smallest absolute Gasteiger partial charge is 0.328 e. The van der Waals surface area contributed by atoms with E-state index in [1.807, 2.05) is 18.2 Å². The van der Waals surface area contributed by atoms with Gasteiger partial charge in [0.05, 0.1) is 5.69 Å². The van der Waals surface area contributed by atoms with Crippen molar-refractivity contribution in [3.05, 3.63) is 34.3 Å². The molecule has 21 heavy (non-hydrogen) atoms. The number of anilines is 1. The van der Waals surface area contributed by atoms with Crippen LogP contribution in [0.1, 0.15) is 18.4 Å². The van der Waals surface area contributed by atoms with Gasteiger partial charge in [0, 0.05) is 30.7 Å². The number of carbonyl (C=O) groups is 1. The first kappa shape index (κ1) is 16.0. The predicted octanol–water partition coefficient (Wildman–Crippen LogP) is 3.08. The highest BCUT2D eigenvalue weighted by molar-refractivity contribution is 9.10. The van der Waals surface area contributed by atoms with Crippen molar-refractivity contribution in [1.82, 2.24) is 4.90 Å². The average Bonchev–Trinajstić information content (AvgIpc) is 2.96. The molecule has 0 aromatic heterocycles. The van der Waals surface area contributed by atoms with E-state index in [1.165, 1.54) is 25.9 Å². The highest BCUT2D eigenvalue weighted by atomic mass is 79.9.